The van der Waals surface area contributed by atoms with Crippen molar-refractivity contribution < 1.29 is 23.8 Å². The molecule has 0 spiro atoms. The van der Waals surface area contributed by atoms with E-state index < -0.39 is 24.2 Å². The van der Waals surface area contributed by atoms with E-state index in [1.807, 2.05) is 30.3 Å². The highest BCUT2D eigenvalue weighted by Crippen LogP contribution is 2.30. The normalized spacial score (nSPS) is 10.4. The molecule has 3 rings (SSSR count). The summed E-state index contributed by atoms with van der Waals surface area (Å²) in [6, 6.07) is 20.1. The predicted octanol–water partition coefficient (Wildman–Crippen LogP) is 4.23. The first-order valence-electron chi connectivity index (χ1n) is 8.97. The molecule has 6 heteroatoms. The standard InChI is InChI=1S/C23H20FNO4/c1-29-21-11-3-2-10-20(21)17-7-5-8-18(13-17)23(28)25(15-22(26)27)14-16-6-4-9-19(24)12-16/h2-13H,14-15H2,1H3,(H,26,27). The Morgan fingerprint density at radius 1 is 1.00 bits per heavy atom. The van der Waals surface area contributed by atoms with Gasteiger partial charge in [0.15, 0.2) is 0 Å². The smallest absolute Gasteiger partial charge is 0.323 e. The third-order valence-corrected chi connectivity index (χ3v) is 4.40. The minimum Gasteiger partial charge on any atom is -0.496 e. The van der Waals surface area contributed by atoms with Crippen LogP contribution in [0.4, 0.5) is 4.39 Å². The van der Waals surface area contributed by atoms with E-state index in [4.69, 9.17) is 4.74 Å². The number of carbonyl (C=O) groups is 2. The lowest BCUT2D eigenvalue weighted by molar-refractivity contribution is -0.137. The van der Waals surface area contributed by atoms with Crippen molar-refractivity contribution in [3.63, 3.8) is 0 Å². The first-order chi connectivity index (χ1) is 14.0. The quantitative estimate of drug-likeness (QED) is 0.652. The number of hydrogen-bond donors (Lipinski definition) is 1. The van der Waals surface area contributed by atoms with Crippen molar-refractivity contribution >= 4 is 11.9 Å². The van der Waals surface area contributed by atoms with Crippen molar-refractivity contribution in [1.29, 1.82) is 0 Å². The second-order valence-electron chi connectivity index (χ2n) is 6.47. The first kappa shape index (κ1) is 20.1. The van der Waals surface area contributed by atoms with Crippen LogP contribution >= 0.6 is 0 Å². The van der Waals surface area contributed by atoms with Gasteiger partial charge in [-0.1, -0.05) is 42.5 Å². The lowest BCUT2D eigenvalue weighted by atomic mass is 10.0. The van der Waals surface area contributed by atoms with Gasteiger partial charge in [0.2, 0.25) is 0 Å². The summed E-state index contributed by atoms with van der Waals surface area (Å²) in [6.07, 6.45) is 0. The number of rotatable bonds is 7. The molecule has 0 atom stereocenters. The lowest BCUT2D eigenvalue weighted by Gasteiger charge is -2.21. The second kappa shape index (κ2) is 9.01. The molecule has 0 heterocycles. The molecule has 0 radical (unpaired) electrons. The summed E-state index contributed by atoms with van der Waals surface area (Å²) in [6.45, 7) is -0.504. The maximum atomic E-state index is 13.5. The summed E-state index contributed by atoms with van der Waals surface area (Å²) in [5.41, 5.74) is 2.44. The van der Waals surface area contributed by atoms with E-state index in [0.29, 0.717) is 16.9 Å². The van der Waals surface area contributed by atoms with Crippen LogP contribution < -0.4 is 4.74 Å². The number of halogens is 1. The van der Waals surface area contributed by atoms with Gasteiger partial charge in [-0.05, 0) is 41.5 Å². The Morgan fingerprint density at radius 3 is 2.48 bits per heavy atom. The van der Waals surface area contributed by atoms with E-state index >= 15 is 0 Å². The van der Waals surface area contributed by atoms with Crippen LogP contribution in [-0.2, 0) is 11.3 Å². The zero-order chi connectivity index (χ0) is 20.8. The molecule has 1 N–H and O–H groups in total. The predicted molar refractivity (Wildman–Crippen MR) is 107 cm³/mol. The number of methoxy groups -OCH3 is 1. The number of benzene rings is 3. The fourth-order valence-corrected chi connectivity index (χ4v) is 3.10. The molecule has 0 unspecified atom stereocenters. The van der Waals surface area contributed by atoms with Crippen molar-refractivity contribution in [3.05, 3.63) is 89.7 Å². The summed E-state index contributed by atoms with van der Waals surface area (Å²) in [7, 11) is 1.57. The number of carboxylic acid groups (broad SMARTS) is 1. The number of aliphatic carboxylic acids is 1. The highest BCUT2D eigenvalue weighted by atomic mass is 19.1. The molecule has 0 saturated heterocycles. The van der Waals surface area contributed by atoms with E-state index in [2.05, 4.69) is 0 Å². The molecule has 0 saturated carbocycles. The molecule has 0 aliphatic heterocycles. The van der Waals surface area contributed by atoms with Crippen molar-refractivity contribution in [2.24, 2.45) is 0 Å². The van der Waals surface area contributed by atoms with Crippen molar-refractivity contribution in [1.82, 2.24) is 4.90 Å². The number of carboxylic acids is 1. The fraction of sp³-hybridized carbons (Fsp3) is 0.130. The number of nitrogens with zero attached hydrogens (tertiary/aromatic N) is 1. The van der Waals surface area contributed by atoms with Crippen molar-refractivity contribution in [3.8, 4) is 16.9 Å². The average molecular weight is 393 g/mol. The Balaban J connectivity index is 1.92. The summed E-state index contributed by atoms with van der Waals surface area (Å²) < 4.78 is 18.9. The molecule has 3 aromatic rings. The summed E-state index contributed by atoms with van der Waals surface area (Å²) in [5.74, 6) is -1.37. The van der Waals surface area contributed by atoms with Gasteiger partial charge in [0.05, 0.1) is 7.11 Å². The van der Waals surface area contributed by atoms with Crippen LogP contribution in [0, 0.1) is 5.82 Å². The molecule has 0 aromatic heterocycles. The van der Waals surface area contributed by atoms with E-state index in [1.54, 1.807) is 31.4 Å². The zero-order valence-corrected chi connectivity index (χ0v) is 15.8. The lowest BCUT2D eigenvalue weighted by Crippen LogP contribution is -2.35. The summed E-state index contributed by atoms with van der Waals surface area (Å²) >= 11 is 0. The molecule has 0 fully saturated rings. The molecule has 0 aliphatic carbocycles. The first-order valence-corrected chi connectivity index (χ1v) is 8.97. The summed E-state index contributed by atoms with van der Waals surface area (Å²) in [4.78, 5) is 25.5. The molecule has 148 valence electrons. The highest BCUT2D eigenvalue weighted by molar-refractivity contribution is 5.97. The molecule has 29 heavy (non-hydrogen) atoms. The maximum Gasteiger partial charge on any atom is 0.323 e. The van der Waals surface area contributed by atoms with E-state index in [9.17, 15) is 19.1 Å². The molecule has 0 aliphatic rings. The Hall–Kier alpha value is -3.67. The molecule has 3 aromatic carbocycles. The van der Waals surface area contributed by atoms with Gasteiger partial charge in [0.25, 0.3) is 5.91 Å². The number of ether oxygens (including phenoxy) is 1. The Morgan fingerprint density at radius 2 is 1.76 bits per heavy atom. The van der Waals surface area contributed by atoms with Crippen LogP contribution in [0.3, 0.4) is 0 Å². The van der Waals surface area contributed by atoms with Crippen molar-refractivity contribution in [2.75, 3.05) is 13.7 Å². The van der Waals surface area contributed by atoms with Gasteiger partial charge in [-0.25, -0.2) is 4.39 Å². The monoisotopic (exact) mass is 393 g/mol. The van der Waals surface area contributed by atoms with Crippen LogP contribution in [0.15, 0.2) is 72.8 Å². The maximum absolute atomic E-state index is 13.5. The molecular weight excluding hydrogens is 373 g/mol. The van der Waals surface area contributed by atoms with Gasteiger partial charge in [-0.3, -0.25) is 9.59 Å². The molecule has 0 bridgehead atoms. The van der Waals surface area contributed by atoms with Gasteiger partial charge < -0.3 is 14.7 Å². The fourth-order valence-electron chi connectivity index (χ4n) is 3.10. The highest BCUT2D eigenvalue weighted by Gasteiger charge is 2.20. The molecule has 5 nitrogen and oxygen atoms in total. The average Bonchev–Trinajstić information content (AvgIpc) is 2.72. The van der Waals surface area contributed by atoms with Gasteiger partial charge in [0.1, 0.15) is 18.1 Å². The van der Waals surface area contributed by atoms with Crippen LogP contribution in [-0.4, -0.2) is 35.5 Å². The Bertz CT molecular complexity index is 1030. The third-order valence-electron chi connectivity index (χ3n) is 4.40. The van der Waals surface area contributed by atoms with Crippen LogP contribution in [0.1, 0.15) is 15.9 Å². The van der Waals surface area contributed by atoms with Gasteiger partial charge in [-0.15, -0.1) is 0 Å². The topological polar surface area (TPSA) is 66.8 Å². The minimum atomic E-state index is -1.14. The largest absolute Gasteiger partial charge is 0.496 e. The molecule has 1 amide bonds. The Labute approximate surface area is 168 Å². The Kier molecular flexibility index (Phi) is 6.24. The van der Waals surface area contributed by atoms with Crippen molar-refractivity contribution in [2.45, 2.75) is 6.54 Å². The van der Waals surface area contributed by atoms with Crippen LogP contribution in [0.2, 0.25) is 0 Å². The van der Waals surface area contributed by atoms with Gasteiger partial charge in [0, 0.05) is 17.7 Å². The van der Waals surface area contributed by atoms with Crippen LogP contribution in [0.5, 0.6) is 5.75 Å². The van der Waals surface area contributed by atoms with Gasteiger partial charge >= 0.3 is 5.97 Å². The summed E-state index contributed by atoms with van der Waals surface area (Å²) in [5, 5.41) is 9.23. The van der Waals surface area contributed by atoms with E-state index in [-0.39, 0.29) is 6.54 Å². The molecular formula is C23H20FNO4. The van der Waals surface area contributed by atoms with Crippen LogP contribution in [0.25, 0.3) is 11.1 Å². The number of carbonyl (C=O) groups excluding carboxylic acids is 1. The van der Waals surface area contributed by atoms with Gasteiger partial charge in [-0.2, -0.15) is 0 Å². The third kappa shape index (κ3) is 4.99. The number of hydrogen-bond acceptors (Lipinski definition) is 3. The second-order valence-corrected chi connectivity index (χ2v) is 6.47. The SMILES string of the molecule is COc1ccccc1-c1cccc(C(=O)N(CC(=O)O)Cc2cccc(F)c2)c1. The number of amides is 1. The minimum absolute atomic E-state index is 0.0121. The number of para-hydroxylation sites is 1. The van der Waals surface area contributed by atoms with E-state index in [0.717, 1.165) is 11.1 Å². The van der Waals surface area contributed by atoms with E-state index in [1.165, 1.54) is 23.1 Å². The zero-order valence-electron chi connectivity index (χ0n) is 15.8.